The Morgan fingerprint density at radius 1 is 1.39 bits per heavy atom. The summed E-state index contributed by atoms with van der Waals surface area (Å²) in [4.78, 5) is 23.6. The quantitative estimate of drug-likeness (QED) is 0.359. The Kier molecular flexibility index (Phi) is 4.49. The van der Waals surface area contributed by atoms with Crippen LogP contribution in [0.5, 0.6) is 11.5 Å². The fourth-order valence-corrected chi connectivity index (χ4v) is 2.48. The van der Waals surface area contributed by atoms with Crippen molar-refractivity contribution in [2.24, 2.45) is 0 Å². The van der Waals surface area contributed by atoms with Gasteiger partial charge in [0, 0.05) is 6.07 Å². The molecule has 1 atom stereocenters. The number of phenolic OH excluding ortho intramolecular Hbond substituents is 1. The van der Waals surface area contributed by atoms with E-state index in [1.165, 1.54) is 6.92 Å². The molecule has 23 heavy (non-hydrogen) atoms. The summed E-state index contributed by atoms with van der Waals surface area (Å²) in [5.41, 5.74) is -1.74. The second-order valence-electron chi connectivity index (χ2n) is 5.25. The molecule has 3 rings (SSSR count). The van der Waals surface area contributed by atoms with E-state index in [9.17, 15) is 30.0 Å². The molecule has 0 aliphatic carbocycles. The van der Waals surface area contributed by atoms with Gasteiger partial charge in [-0.2, -0.15) is 0 Å². The van der Waals surface area contributed by atoms with Crippen LogP contribution in [0.2, 0.25) is 0 Å². The Morgan fingerprint density at radius 3 is 2.65 bits per heavy atom. The number of carbonyl (C=O) groups is 1. The zero-order valence-corrected chi connectivity index (χ0v) is 14.4. The second-order valence-corrected chi connectivity index (χ2v) is 5.25. The number of hydrogen-bond donors (Lipinski definition) is 3. The van der Waals surface area contributed by atoms with Gasteiger partial charge >= 0.3 is 29.6 Å². The zero-order valence-electron chi connectivity index (χ0n) is 12.4. The average Bonchev–Trinajstić information content (AvgIpc) is 2.39. The molecular formula is C14H11NaO8. The van der Waals surface area contributed by atoms with E-state index in [-0.39, 0.29) is 59.5 Å². The molecule has 0 saturated carbocycles. The molecule has 1 aromatic heterocycles. The maximum absolute atomic E-state index is 12.5. The first kappa shape index (κ1) is 17.8. The van der Waals surface area contributed by atoms with Crippen molar-refractivity contribution in [1.29, 1.82) is 0 Å². The molecule has 3 N–H and O–H groups in total. The first-order chi connectivity index (χ1) is 10.2. The van der Waals surface area contributed by atoms with Crippen molar-refractivity contribution in [1.82, 2.24) is 0 Å². The number of fused-ring (bicyclic) bond motifs is 2. The van der Waals surface area contributed by atoms with Gasteiger partial charge in [-0.3, -0.25) is 4.79 Å². The van der Waals surface area contributed by atoms with Crippen molar-refractivity contribution in [2.75, 3.05) is 0 Å². The summed E-state index contributed by atoms with van der Waals surface area (Å²) in [7, 11) is 0. The minimum absolute atomic E-state index is 0. The van der Waals surface area contributed by atoms with Crippen molar-refractivity contribution < 1.29 is 63.9 Å². The van der Waals surface area contributed by atoms with E-state index >= 15 is 0 Å². The van der Waals surface area contributed by atoms with E-state index in [0.29, 0.717) is 0 Å². The largest absolute Gasteiger partial charge is 1.00 e. The first-order valence-electron chi connectivity index (χ1n) is 6.32. The van der Waals surface area contributed by atoms with Crippen LogP contribution in [-0.2, 0) is 17.8 Å². The van der Waals surface area contributed by atoms with E-state index in [0.717, 1.165) is 6.07 Å². The molecule has 0 saturated heterocycles. The number of carbonyl (C=O) groups excluding carboxylic acids is 1. The first-order valence-corrected chi connectivity index (χ1v) is 6.32. The predicted octanol–water partition coefficient (Wildman–Crippen LogP) is -3.65. The summed E-state index contributed by atoms with van der Waals surface area (Å²) in [6.45, 7) is 1.12. The van der Waals surface area contributed by atoms with Crippen LogP contribution in [0.4, 0.5) is 0 Å². The Balaban J connectivity index is 0.00000192. The van der Waals surface area contributed by atoms with Crippen molar-refractivity contribution in [2.45, 2.75) is 25.7 Å². The third kappa shape index (κ3) is 2.84. The predicted molar refractivity (Wildman–Crippen MR) is 69.3 cm³/mol. The van der Waals surface area contributed by atoms with Gasteiger partial charge < -0.3 is 34.4 Å². The van der Waals surface area contributed by atoms with Gasteiger partial charge in [0.2, 0.25) is 0 Å². The Hall–Kier alpha value is -1.58. The molecule has 8 nitrogen and oxygen atoms in total. The van der Waals surface area contributed by atoms with E-state index in [1.807, 2.05) is 0 Å². The topological polar surface area (TPSA) is 140 Å². The minimum Gasteiger partial charge on any atom is -0.545 e. The molecule has 2 heterocycles. The molecule has 1 aliphatic rings. The molecule has 0 radical (unpaired) electrons. The summed E-state index contributed by atoms with van der Waals surface area (Å²) < 4.78 is 10.5. The Morgan fingerprint density at radius 2 is 2.04 bits per heavy atom. The van der Waals surface area contributed by atoms with Crippen molar-refractivity contribution >= 4 is 16.9 Å². The van der Waals surface area contributed by atoms with Gasteiger partial charge in [-0.1, -0.05) is 0 Å². The van der Waals surface area contributed by atoms with Crippen LogP contribution in [-0.4, -0.2) is 27.1 Å². The molecule has 116 valence electrons. The average molecular weight is 330 g/mol. The normalized spacial score (nSPS) is 19.9. The van der Waals surface area contributed by atoms with Crippen LogP contribution in [0.25, 0.3) is 11.0 Å². The number of benzene rings is 1. The number of phenols is 2. The molecule has 9 heteroatoms. The van der Waals surface area contributed by atoms with Gasteiger partial charge in [0.1, 0.15) is 11.3 Å². The molecule has 0 spiro atoms. The Bertz CT molecular complexity index is 867. The fourth-order valence-electron chi connectivity index (χ4n) is 2.48. The Labute approximate surface area is 151 Å². The zero-order chi connectivity index (χ0) is 16.2. The van der Waals surface area contributed by atoms with Crippen LogP contribution in [0.1, 0.15) is 28.6 Å². The van der Waals surface area contributed by atoms with Crippen molar-refractivity contribution in [3.63, 3.8) is 0 Å². The third-order valence-electron chi connectivity index (χ3n) is 3.53. The van der Waals surface area contributed by atoms with Crippen molar-refractivity contribution in [3.8, 4) is 11.5 Å². The minimum atomic E-state index is -1.82. The molecule has 0 amide bonds. The van der Waals surface area contributed by atoms with Crippen LogP contribution < -0.4 is 40.1 Å². The molecule has 1 aliphatic heterocycles. The summed E-state index contributed by atoms with van der Waals surface area (Å²) in [5, 5.41) is 39.8. The van der Waals surface area contributed by atoms with Crippen LogP contribution in [0, 0.1) is 0 Å². The van der Waals surface area contributed by atoms with E-state index in [4.69, 9.17) is 9.15 Å². The van der Waals surface area contributed by atoms with Crippen LogP contribution in [0.3, 0.4) is 0 Å². The van der Waals surface area contributed by atoms with E-state index in [1.54, 1.807) is 0 Å². The summed E-state index contributed by atoms with van der Waals surface area (Å²) in [5.74, 6) is -4.94. The van der Waals surface area contributed by atoms with Crippen molar-refractivity contribution in [3.05, 3.63) is 33.2 Å². The SMILES string of the molecule is CC1(O)Cc2oc3cc(O)c(O)c(C(=O)[O-])c3c(=O)c2CO1.[Na+]. The maximum Gasteiger partial charge on any atom is 1.00 e. The van der Waals surface area contributed by atoms with Crippen LogP contribution in [0.15, 0.2) is 15.3 Å². The molecule has 0 fully saturated rings. The summed E-state index contributed by atoms with van der Waals surface area (Å²) in [6.07, 6.45) is -0.115. The monoisotopic (exact) mass is 330 g/mol. The van der Waals surface area contributed by atoms with Gasteiger partial charge in [0.05, 0.1) is 35.5 Å². The molecule has 1 unspecified atom stereocenters. The smallest absolute Gasteiger partial charge is 0.545 e. The van der Waals surface area contributed by atoms with Gasteiger partial charge in [-0.05, 0) is 6.92 Å². The third-order valence-corrected chi connectivity index (χ3v) is 3.53. The number of aromatic carboxylic acids is 1. The molecule has 0 bridgehead atoms. The van der Waals surface area contributed by atoms with Gasteiger partial charge in [0.25, 0.3) is 0 Å². The summed E-state index contributed by atoms with van der Waals surface area (Å²) >= 11 is 0. The fraction of sp³-hybridized carbons (Fsp3) is 0.286. The van der Waals surface area contributed by atoms with Gasteiger partial charge in [-0.15, -0.1) is 0 Å². The maximum atomic E-state index is 12.5. The number of hydrogen-bond acceptors (Lipinski definition) is 8. The van der Waals surface area contributed by atoms with Crippen LogP contribution >= 0.6 is 0 Å². The van der Waals surface area contributed by atoms with E-state index < -0.39 is 39.6 Å². The standard InChI is InChI=1S/C14H12O8.Na/c1-14(20)3-8-5(4-21-14)11(16)9-7(22-8)2-6(15)12(17)10(9)13(18)19;/h2,15,17,20H,3-4H2,1H3,(H,18,19);/q;+1/p-1. The second kappa shape index (κ2) is 5.81. The number of ether oxygens (including phenoxy) is 1. The molecule has 2 aromatic rings. The molecular weight excluding hydrogens is 319 g/mol. The number of aliphatic hydroxyl groups is 1. The number of rotatable bonds is 1. The number of carboxylic acid groups (broad SMARTS) is 1. The number of aromatic hydroxyl groups is 2. The van der Waals surface area contributed by atoms with E-state index in [2.05, 4.69) is 0 Å². The summed E-state index contributed by atoms with van der Waals surface area (Å²) in [6, 6.07) is 0.933. The number of carboxylic acids is 1. The van der Waals surface area contributed by atoms with Gasteiger partial charge in [0.15, 0.2) is 22.7 Å². The molecule has 1 aromatic carbocycles. The van der Waals surface area contributed by atoms with Gasteiger partial charge in [-0.25, -0.2) is 0 Å².